The van der Waals surface area contributed by atoms with Gasteiger partial charge < -0.3 is 24.6 Å². The Hall–Kier alpha value is -4.08. The van der Waals surface area contributed by atoms with Gasteiger partial charge in [0.25, 0.3) is 5.91 Å². The maximum Gasteiger partial charge on any atom is 0.349 e. The molecule has 3 aromatic rings. The molecule has 0 aromatic heterocycles. The summed E-state index contributed by atoms with van der Waals surface area (Å²) in [6, 6.07) is 17.2. The lowest BCUT2D eigenvalue weighted by molar-refractivity contribution is -0.157. The highest BCUT2D eigenvalue weighted by Crippen LogP contribution is 2.20. The highest BCUT2D eigenvalue weighted by molar-refractivity contribution is 6.31. The fraction of sp³-hybridized carbons (Fsp3) is 0.154. The zero-order valence-corrected chi connectivity index (χ0v) is 20.9. The van der Waals surface area contributed by atoms with Gasteiger partial charge in [-0.15, -0.1) is 0 Å². The Morgan fingerprint density at radius 2 is 1.22 bits per heavy atom. The smallest absolute Gasteiger partial charge is 0.349 e. The van der Waals surface area contributed by atoms with Crippen molar-refractivity contribution in [1.29, 1.82) is 0 Å². The van der Waals surface area contributed by atoms with Gasteiger partial charge in [0.2, 0.25) is 12.2 Å². The predicted octanol–water partition coefficient (Wildman–Crippen LogP) is 4.87. The zero-order chi connectivity index (χ0) is 26.9. The van der Waals surface area contributed by atoms with Gasteiger partial charge >= 0.3 is 17.9 Å². The maximum absolute atomic E-state index is 13.1. The van der Waals surface area contributed by atoms with Crippen LogP contribution in [0, 0.1) is 0 Å². The molecule has 0 aliphatic carbocycles. The van der Waals surface area contributed by atoms with Gasteiger partial charge in [-0.25, -0.2) is 14.4 Å². The predicted molar refractivity (Wildman–Crippen MR) is 135 cm³/mol. The van der Waals surface area contributed by atoms with E-state index in [1.54, 1.807) is 12.1 Å². The number of anilines is 1. The van der Waals surface area contributed by atoms with E-state index in [4.69, 9.17) is 37.4 Å². The van der Waals surface area contributed by atoms with Crippen LogP contribution in [-0.2, 0) is 19.1 Å². The van der Waals surface area contributed by atoms with E-state index in [2.05, 4.69) is 5.32 Å². The van der Waals surface area contributed by atoms with E-state index in [1.807, 2.05) is 6.92 Å². The maximum atomic E-state index is 13.1. The number of esters is 2. The molecule has 0 aliphatic rings. The molecule has 1 amide bonds. The van der Waals surface area contributed by atoms with Crippen molar-refractivity contribution in [2.45, 2.75) is 19.1 Å². The summed E-state index contributed by atoms with van der Waals surface area (Å²) < 4.78 is 15.7. The SMILES string of the molecule is CCOc1ccc(NC(=O)[C@@H](OC(=O)c2ccc(Cl)cc2)[C@@H](OC(=O)c2ccc(Cl)cc2)C(=O)O)cc1. The third kappa shape index (κ3) is 7.70. The summed E-state index contributed by atoms with van der Waals surface area (Å²) >= 11 is 11.7. The van der Waals surface area contributed by atoms with Crippen LogP contribution in [0.25, 0.3) is 0 Å². The lowest BCUT2D eigenvalue weighted by Gasteiger charge is -2.23. The molecular formula is C26H21Cl2NO8. The highest BCUT2D eigenvalue weighted by Gasteiger charge is 2.41. The molecule has 0 aliphatic heterocycles. The number of nitrogens with one attached hydrogen (secondary N) is 1. The number of hydrogen-bond acceptors (Lipinski definition) is 7. The Morgan fingerprint density at radius 1 is 0.757 bits per heavy atom. The normalized spacial score (nSPS) is 12.1. The molecule has 0 bridgehead atoms. The van der Waals surface area contributed by atoms with Crippen molar-refractivity contribution < 1.29 is 38.5 Å². The molecule has 9 nitrogen and oxygen atoms in total. The van der Waals surface area contributed by atoms with Crippen LogP contribution in [0.4, 0.5) is 5.69 Å². The summed E-state index contributed by atoms with van der Waals surface area (Å²) in [6.07, 6.45) is -4.23. The van der Waals surface area contributed by atoms with Crippen molar-refractivity contribution in [1.82, 2.24) is 0 Å². The van der Waals surface area contributed by atoms with Gasteiger partial charge in [-0.2, -0.15) is 0 Å². The van der Waals surface area contributed by atoms with E-state index in [-0.39, 0.29) is 16.8 Å². The average Bonchev–Trinajstić information content (AvgIpc) is 2.87. The first-order chi connectivity index (χ1) is 17.7. The topological polar surface area (TPSA) is 128 Å². The van der Waals surface area contributed by atoms with Crippen LogP contribution in [0.2, 0.25) is 10.0 Å². The molecule has 0 spiro atoms. The Labute approximate surface area is 221 Å². The lowest BCUT2D eigenvalue weighted by atomic mass is 10.1. The van der Waals surface area contributed by atoms with Crippen LogP contribution < -0.4 is 10.1 Å². The van der Waals surface area contributed by atoms with Crippen LogP contribution in [0.5, 0.6) is 5.75 Å². The molecule has 0 saturated carbocycles. The van der Waals surface area contributed by atoms with Gasteiger partial charge in [-0.05, 0) is 79.7 Å². The number of amides is 1. The number of carbonyl (C=O) groups excluding carboxylic acids is 3. The largest absolute Gasteiger partial charge is 0.494 e. The van der Waals surface area contributed by atoms with E-state index < -0.39 is 36.0 Å². The van der Waals surface area contributed by atoms with Gasteiger partial charge in [0.05, 0.1) is 17.7 Å². The number of benzene rings is 3. The molecule has 2 atom stereocenters. The zero-order valence-electron chi connectivity index (χ0n) is 19.4. The first-order valence-electron chi connectivity index (χ1n) is 10.9. The van der Waals surface area contributed by atoms with Crippen LogP contribution in [0.15, 0.2) is 72.8 Å². The number of aliphatic carboxylic acids is 1. The standard InChI is InChI=1S/C26H21Cl2NO8/c1-2-35-20-13-11-19(12-14-20)29-23(30)21(36-25(33)15-3-7-17(27)8-4-15)22(24(31)32)37-26(34)16-5-9-18(28)10-6-16/h3-14,21-22H,2H2,1H3,(H,29,30)(H,31,32)/t21-,22+/m0/s1. The second-order valence-corrected chi connectivity index (χ2v) is 8.32. The van der Waals surface area contributed by atoms with Crippen LogP contribution in [0.3, 0.4) is 0 Å². The molecule has 2 N–H and O–H groups in total. The van der Waals surface area contributed by atoms with Crippen molar-refractivity contribution in [2.24, 2.45) is 0 Å². The third-order valence-corrected chi connectivity index (χ3v) is 5.34. The monoisotopic (exact) mass is 545 g/mol. The molecule has 0 fully saturated rings. The Kier molecular flexibility index (Phi) is 9.48. The summed E-state index contributed by atoms with van der Waals surface area (Å²) in [5.41, 5.74) is 0.232. The fourth-order valence-electron chi connectivity index (χ4n) is 3.05. The van der Waals surface area contributed by atoms with E-state index >= 15 is 0 Å². The van der Waals surface area contributed by atoms with Crippen LogP contribution in [0.1, 0.15) is 27.6 Å². The first kappa shape index (κ1) is 27.5. The van der Waals surface area contributed by atoms with Crippen LogP contribution in [-0.4, -0.2) is 47.7 Å². The Morgan fingerprint density at radius 3 is 1.65 bits per heavy atom. The molecule has 0 unspecified atom stereocenters. The molecule has 3 rings (SSSR count). The quantitative estimate of drug-likeness (QED) is 0.345. The van der Waals surface area contributed by atoms with Crippen molar-refractivity contribution in [3.8, 4) is 5.75 Å². The second kappa shape index (κ2) is 12.8. The summed E-state index contributed by atoms with van der Waals surface area (Å²) in [5.74, 6) is -4.30. The van der Waals surface area contributed by atoms with Gasteiger partial charge in [0.15, 0.2) is 0 Å². The Bertz CT molecular complexity index is 1260. The van der Waals surface area contributed by atoms with Crippen molar-refractivity contribution in [3.63, 3.8) is 0 Å². The molecule has 0 heterocycles. The number of carbonyl (C=O) groups is 4. The third-order valence-electron chi connectivity index (χ3n) is 4.84. The molecule has 3 aromatic carbocycles. The van der Waals surface area contributed by atoms with Crippen LogP contribution >= 0.6 is 23.2 Å². The van der Waals surface area contributed by atoms with Gasteiger partial charge in [0, 0.05) is 15.7 Å². The number of rotatable bonds is 10. The summed E-state index contributed by atoms with van der Waals surface area (Å²) in [4.78, 5) is 50.6. The molecule has 11 heteroatoms. The van der Waals surface area contributed by atoms with E-state index in [9.17, 15) is 24.3 Å². The van der Waals surface area contributed by atoms with E-state index in [1.165, 1.54) is 60.7 Å². The molecular weight excluding hydrogens is 525 g/mol. The number of ether oxygens (including phenoxy) is 3. The first-order valence-corrected chi connectivity index (χ1v) is 11.6. The average molecular weight is 546 g/mol. The second-order valence-electron chi connectivity index (χ2n) is 7.45. The summed E-state index contributed by atoms with van der Waals surface area (Å²) in [7, 11) is 0. The molecule has 192 valence electrons. The lowest BCUT2D eigenvalue weighted by Crippen LogP contribution is -2.48. The molecule has 0 radical (unpaired) electrons. The van der Waals surface area contributed by atoms with E-state index in [0.717, 1.165) is 0 Å². The fourth-order valence-corrected chi connectivity index (χ4v) is 3.30. The van der Waals surface area contributed by atoms with Crippen molar-refractivity contribution in [2.75, 3.05) is 11.9 Å². The van der Waals surface area contributed by atoms with E-state index in [0.29, 0.717) is 22.4 Å². The van der Waals surface area contributed by atoms with Gasteiger partial charge in [-0.1, -0.05) is 23.2 Å². The summed E-state index contributed by atoms with van der Waals surface area (Å²) in [5, 5.41) is 13.0. The number of carboxylic acids is 1. The number of halogens is 2. The van der Waals surface area contributed by atoms with Crippen molar-refractivity contribution >= 4 is 52.7 Å². The minimum Gasteiger partial charge on any atom is -0.494 e. The van der Waals surface area contributed by atoms with Crippen molar-refractivity contribution in [3.05, 3.63) is 94.0 Å². The number of hydrogen-bond donors (Lipinski definition) is 2. The number of carboxylic acid groups (broad SMARTS) is 1. The minimum atomic E-state index is -2.18. The minimum absolute atomic E-state index is 0.00330. The molecule has 37 heavy (non-hydrogen) atoms. The Balaban J connectivity index is 1.88. The summed E-state index contributed by atoms with van der Waals surface area (Å²) in [6.45, 7) is 2.25. The highest BCUT2D eigenvalue weighted by atomic mass is 35.5. The van der Waals surface area contributed by atoms with Gasteiger partial charge in [-0.3, -0.25) is 4.79 Å². The molecule has 0 saturated heterocycles. The van der Waals surface area contributed by atoms with Gasteiger partial charge in [0.1, 0.15) is 5.75 Å².